The predicted molar refractivity (Wildman–Crippen MR) is 112 cm³/mol. The van der Waals surface area contributed by atoms with E-state index >= 15 is 0 Å². The van der Waals surface area contributed by atoms with E-state index in [0.29, 0.717) is 13.0 Å². The van der Waals surface area contributed by atoms with Crippen molar-refractivity contribution in [2.24, 2.45) is 0 Å². The summed E-state index contributed by atoms with van der Waals surface area (Å²) in [6.45, 7) is 6.43. The third-order valence-electron chi connectivity index (χ3n) is 5.00. The van der Waals surface area contributed by atoms with Crippen molar-refractivity contribution in [1.29, 1.82) is 0 Å². The molecule has 0 fully saturated rings. The second-order valence-corrected chi connectivity index (χ2v) is 7.68. The van der Waals surface area contributed by atoms with Crippen LogP contribution in [0.15, 0.2) is 42.5 Å². The molecule has 1 aliphatic rings. The molecular weight excluding hydrogens is 350 g/mol. The average Bonchev–Trinajstić information content (AvgIpc) is 2.70. The van der Waals surface area contributed by atoms with E-state index in [1.165, 1.54) is 24.0 Å². The Morgan fingerprint density at radius 1 is 1.00 bits per heavy atom. The van der Waals surface area contributed by atoms with E-state index in [-0.39, 0.29) is 12.0 Å². The van der Waals surface area contributed by atoms with Crippen LogP contribution >= 0.6 is 0 Å². The van der Waals surface area contributed by atoms with Gasteiger partial charge in [0.2, 0.25) is 0 Å². The SMILES string of the molecule is CC[C@H](Oc1ccc2c(c1)CCCC2)C(=O)NCc1cccc(OC(C)C)c1. The van der Waals surface area contributed by atoms with E-state index in [2.05, 4.69) is 17.4 Å². The second-order valence-electron chi connectivity index (χ2n) is 7.68. The fourth-order valence-corrected chi connectivity index (χ4v) is 3.57. The molecule has 3 rings (SSSR count). The van der Waals surface area contributed by atoms with Crippen LogP contribution in [-0.2, 0) is 24.2 Å². The minimum Gasteiger partial charge on any atom is -0.491 e. The molecule has 1 aliphatic carbocycles. The van der Waals surface area contributed by atoms with Gasteiger partial charge in [-0.1, -0.05) is 25.1 Å². The Balaban J connectivity index is 1.58. The molecule has 1 N–H and O–H groups in total. The van der Waals surface area contributed by atoms with E-state index in [1.54, 1.807) is 0 Å². The molecule has 0 aromatic heterocycles. The Kier molecular flexibility index (Phi) is 6.96. The third-order valence-corrected chi connectivity index (χ3v) is 5.00. The minimum atomic E-state index is -0.489. The molecule has 0 radical (unpaired) electrons. The summed E-state index contributed by atoms with van der Waals surface area (Å²) in [4.78, 5) is 12.6. The van der Waals surface area contributed by atoms with Crippen LogP contribution in [0.2, 0.25) is 0 Å². The van der Waals surface area contributed by atoms with Crippen molar-refractivity contribution in [2.45, 2.75) is 71.6 Å². The summed E-state index contributed by atoms with van der Waals surface area (Å²) in [6, 6.07) is 14.1. The molecule has 0 bridgehead atoms. The lowest BCUT2D eigenvalue weighted by Gasteiger charge is -2.20. The van der Waals surface area contributed by atoms with Crippen molar-refractivity contribution in [3.8, 4) is 11.5 Å². The number of rotatable bonds is 8. The number of hydrogen-bond acceptors (Lipinski definition) is 3. The van der Waals surface area contributed by atoms with Crippen LogP contribution in [0.3, 0.4) is 0 Å². The first-order valence-corrected chi connectivity index (χ1v) is 10.4. The van der Waals surface area contributed by atoms with Gasteiger partial charge in [-0.3, -0.25) is 4.79 Å². The van der Waals surface area contributed by atoms with Crippen LogP contribution < -0.4 is 14.8 Å². The molecule has 2 aromatic rings. The summed E-state index contributed by atoms with van der Waals surface area (Å²) in [6.07, 6.45) is 5.00. The lowest BCUT2D eigenvalue weighted by atomic mass is 9.92. The molecule has 0 unspecified atom stereocenters. The topological polar surface area (TPSA) is 47.6 Å². The molecule has 0 saturated heterocycles. The number of carbonyl (C=O) groups is 1. The number of nitrogens with one attached hydrogen (secondary N) is 1. The van der Waals surface area contributed by atoms with E-state index in [9.17, 15) is 4.79 Å². The normalized spacial score (nSPS) is 14.3. The Hall–Kier alpha value is -2.49. The van der Waals surface area contributed by atoms with Gasteiger partial charge in [-0.25, -0.2) is 0 Å². The maximum absolute atomic E-state index is 12.6. The molecule has 2 aromatic carbocycles. The molecule has 150 valence electrons. The van der Waals surface area contributed by atoms with Crippen molar-refractivity contribution < 1.29 is 14.3 Å². The zero-order valence-electron chi connectivity index (χ0n) is 17.2. The third kappa shape index (κ3) is 5.51. The summed E-state index contributed by atoms with van der Waals surface area (Å²) in [5, 5.41) is 2.99. The minimum absolute atomic E-state index is 0.0876. The van der Waals surface area contributed by atoms with Gasteiger partial charge in [-0.05, 0) is 86.9 Å². The maximum atomic E-state index is 12.6. The van der Waals surface area contributed by atoms with Gasteiger partial charge in [0.05, 0.1) is 6.10 Å². The van der Waals surface area contributed by atoms with Gasteiger partial charge in [0.1, 0.15) is 11.5 Å². The van der Waals surface area contributed by atoms with Gasteiger partial charge in [0.25, 0.3) is 5.91 Å². The van der Waals surface area contributed by atoms with Gasteiger partial charge in [-0.15, -0.1) is 0 Å². The van der Waals surface area contributed by atoms with Crippen LogP contribution in [0.1, 0.15) is 56.7 Å². The first kappa shape index (κ1) is 20.2. The monoisotopic (exact) mass is 381 g/mol. The number of benzene rings is 2. The highest BCUT2D eigenvalue weighted by atomic mass is 16.5. The molecule has 0 spiro atoms. The highest BCUT2D eigenvalue weighted by Crippen LogP contribution is 2.26. The Bertz CT molecular complexity index is 800. The number of amides is 1. The van der Waals surface area contributed by atoms with Crippen molar-refractivity contribution in [2.75, 3.05) is 0 Å². The second kappa shape index (κ2) is 9.63. The van der Waals surface area contributed by atoms with Crippen LogP contribution in [0.25, 0.3) is 0 Å². The van der Waals surface area contributed by atoms with Crippen LogP contribution in [0.4, 0.5) is 0 Å². The number of carbonyl (C=O) groups excluding carboxylic acids is 1. The fourth-order valence-electron chi connectivity index (χ4n) is 3.57. The van der Waals surface area contributed by atoms with Gasteiger partial charge in [0.15, 0.2) is 6.10 Å². The molecule has 1 atom stereocenters. The smallest absolute Gasteiger partial charge is 0.261 e. The first-order valence-electron chi connectivity index (χ1n) is 10.4. The van der Waals surface area contributed by atoms with Gasteiger partial charge < -0.3 is 14.8 Å². The maximum Gasteiger partial charge on any atom is 0.261 e. The van der Waals surface area contributed by atoms with Crippen molar-refractivity contribution in [3.05, 3.63) is 59.2 Å². The summed E-state index contributed by atoms with van der Waals surface area (Å²) >= 11 is 0. The molecule has 1 amide bonds. The van der Waals surface area contributed by atoms with E-state index < -0.39 is 6.10 Å². The quantitative estimate of drug-likeness (QED) is 0.713. The standard InChI is InChI=1S/C24H31NO3/c1-4-23(28-22-13-12-19-9-5-6-10-20(19)15-22)24(26)25-16-18-8-7-11-21(14-18)27-17(2)3/h7-8,11-15,17,23H,4-6,9-10,16H2,1-3H3,(H,25,26)/t23-/m0/s1. The fraction of sp³-hybridized carbons (Fsp3) is 0.458. The zero-order valence-corrected chi connectivity index (χ0v) is 17.2. The van der Waals surface area contributed by atoms with E-state index in [4.69, 9.17) is 9.47 Å². The zero-order chi connectivity index (χ0) is 19.9. The molecule has 4 nitrogen and oxygen atoms in total. The molecule has 4 heteroatoms. The summed E-state index contributed by atoms with van der Waals surface area (Å²) in [7, 11) is 0. The van der Waals surface area contributed by atoms with Crippen molar-refractivity contribution in [1.82, 2.24) is 5.32 Å². The Morgan fingerprint density at radius 2 is 1.75 bits per heavy atom. The number of fused-ring (bicyclic) bond motifs is 1. The predicted octanol–water partition coefficient (Wildman–Crippen LogP) is 4.83. The van der Waals surface area contributed by atoms with Crippen LogP contribution in [0, 0.1) is 0 Å². The van der Waals surface area contributed by atoms with Crippen LogP contribution in [-0.4, -0.2) is 18.1 Å². The Morgan fingerprint density at radius 3 is 2.50 bits per heavy atom. The molecule has 28 heavy (non-hydrogen) atoms. The summed E-state index contributed by atoms with van der Waals surface area (Å²) in [5.74, 6) is 1.52. The molecular formula is C24H31NO3. The number of aryl methyl sites for hydroxylation is 2. The molecule has 0 aliphatic heterocycles. The summed E-state index contributed by atoms with van der Waals surface area (Å²) in [5.41, 5.74) is 3.79. The largest absolute Gasteiger partial charge is 0.491 e. The highest BCUT2D eigenvalue weighted by molar-refractivity contribution is 5.81. The van der Waals surface area contributed by atoms with Gasteiger partial charge in [-0.2, -0.15) is 0 Å². The lowest BCUT2D eigenvalue weighted by Crippen LogP contribution is -2.37. The number of ether oxygens (including phenoxy) is 2. The number of hydrogen-bond donors (Lipinski definition) is 1. The molecule has 0 saturated carbocycles. The van der Waals surface area contributed by atoms with Gasteiger partial charge in [0, 0.05) is 6.54 Å². The summed E-state index contributed by atoms with van der Waals surface area (Å²) < 4.78 is 11.7. The lowest BCUT2D eigenvalue weighted by molar-refractivity contribution is -0.128. The van der Waals surface area contributed by atoms with Crippen molar-refractivity contribution in [3.63, 3.8) is 0 Å². The average molecular weight is 382 g/mol. The van der Waals surface area contributed by atoms with E-state index in [1.807, 2.05) is 51.1 Å². The van der Waals surface area contributed by atoms with Crippen molar-refractivity contribution >= 4 is 5.91 Å². The van der Waals surface area contributed by atoms with E-state index in [0.717, 1.165) is 29.9 Å². The Labute approximate surface area is 168 Å². The highest BCUT2D eigenvalue weighted by Gasteiger charge is 2.19. The first-order chi connectivity index (χ1) is 13.5. The van der Waals surface area contributed by atoms with Gasteiger partial charge >= 0.3 is 0 Å². The van der Waals surface area contributed by atoms with Crippen LogP contribution in [0.5, 0.6) is 11.5 Å². The molecule has 0 heterocycles.